The second-order valence-corrected chi connectivity index (χ2v) is 9.93. The molecule has 0 bridgehead atoms. The molecular formula is C27H35N7O. The maximum absolute atomic E-state index is 13.6. The number of carbonyl (C=O) groups is 1. The van der Waals surface area contributed by atoms with Crippen molar-refractivity contribution in [3.63, 3.8) is 0 Å². The van der Waals surface area contributed by atoms with Gasteiger partial charge in [-0.25, -0.2) is 14.6 Å². The van der Waals surface area contributed by atoms with E-state index in [-0.39, 0.29) is 11.8 Å². The van der Waals surface area contributed by atoms with Crippen LogP contribution in [0.5, 0.6) is 0 Å². The van der Waals surface area contributed by atoms with Crippen LogP contribution >= 0.6 is 0 Å². The third-order valence-corrected chi connectivity index (χ3v) is 7.12. The van der Waals surface area contributed by atoms with Gasteiger partial charge < -0.3 is 9.80 Å². The van der Waals surface area contributed by atoms with E-state index in [0.717, 1.165) is 69.6 Å². The molecule has 3 aromatic rings. The molecule has 8 nitrogen and oxygen atoms in total. The summed E-state index contributed by atoms with van der Waals surface area (Å²) in [6, 6.07) is 11.9. The third kappa shape index (κ3) is 5.22. The van der Waals surface area contributed by atoms with Crippen LogP contribution in [0, 0.1) is 5.92 Å². The minimum absolute atomic E-state index is 0.0977. The fourth-order valence-electron chi connectivity index (χ4n) is 5.37. The highest BCUT2D eigenvalue weighted by Crippen LogP contribution is 2.26. The van der Waals surface area contributed by atoms with Crippen molar-refractivity contribution < 1.29 is 4.79 Å². The Hall–Kier alpha value is -3.26. The van der Waals surface area contributed by atoms with Crippen LogP contribution in [0.15, 0.2) is 55.0 Å². The Morgan fingerprint density at radius 1 is 0.971 bits per heavy atom. The molecule has 5 rings (SSSR count). The molecule has 1 amide bonds. The fraction of sp³-hybridized carbons (Fsp3) is 0.481. The Labute approximate surface area is 207 Å². The molecule has 0 N–H and O–H groups in total. The standard InChI is InChI=1S/C27H35N7O/c1-21(2)26-23(18-30-34(26)25-10-4-6-12-29-25)27(35)33-13-7-8-22(20-33)19-31-14-16-32(17-15-31)24-9-3-5-11-28-24/h3-6,9-12,18,21-22H,7-8,13-17,19-20H2,1-2H3. The smallest absolute Gasteiger partial charge is 0.257 e. The molecule has 5 heterocycles. The van der Waals surface area contributed by atoms with Crippen molar-refractivity contribution in [1.82, 2.24) is 29.5 Å². The van der Waals surface area contributed by atoms with Gasteiger partial charge in [0.2, 0.25) is 0 Å². The van der Waals surface area contributed by atoms with Gasteiger partial charge in [0.05, 0.1) is 17.5 Å². The Morgan fingerprint density at radius 3 is 2.34 bits per heavy atom. The first-order valence-corrected chi connectivity index (χ1v) is 12.8. The van der Waals surface area contributed by atoms with Crippen LogP contribution < -0.4 is 4.90 Å². The molecule has 0 aromatic carbocycles. The van der Waals surface area contributed by atoms with Crippen LogP contribution in [0.2, 0.25) is 0 Å². The number of pyridine rings is 2. The summed E-state index contributed by atoms with van der Waals surface area (Å²) in [5.41, 5.74) is 1.64. The number of aromatic nitrogens is 4. The first kappa shape index (κ1) is 23.5. The van der Waals surface area contributed by atoms with Gasteiger partial charge in [0.25, 0.3) is 5.91 Å². The number of rotatable bonds is 6. The SMILES string of the molecule is CC(C)c1c(C(=O)N2CCCC(CN3CCN(c4ccccn4)CC3)C2)cnn1-c1ccccn1. The van der Waals surface area contributed by atoms with E-state index in [2.05, 4.69) is 44.8 Å². The summed E-state index contributed by atoms with van der Waals surface area (Å²) in [4.78, 5) is 29.5. The number of hydrogen-bond donors (Lipinski definition) is 0. The molecule has 184 valence electrons. The summed E-state index contributed by atoms with van der Waals surface area (Å²) in [6.07, 6.45) is 7.57. The van der Waals surface area contributed by atoms with E-state index < -0.39 is 0 Å². The van der Waals surface area contributed by atoms with E-state index in [1.165, 1.54) is 6.42 Å². The van der Waals surface area contributed by atoms with E-state index >= 15 is 0 Å². The number of carbonyl (C=O) groups excluding carboxylic acids is 1. The zero-order valence-electron chi connectivity index (χ0n) is 20.8. The van der Waals surface area contributed by atoms with Crippen LogP contribution in [0.3, 0.4) is 0 Å². The van der Waals surface area contributed by atoms with Crippen molar-refractivity contribution in [2.45, 2.75) is 32.6 Å². The van der Waals surface area contributed by atoms with Crippen LogP contribution in [-0.4, -0.2) is 81.3 Å². The molecule has 0 spiro atoms. The summed E-state index contributed by atoms with van der Waals surface area (Å²) >= 11 is 0. The first-order valence-electron chi connectivity index (χ1n) is 12.8. The highest BCUT2D eigenvalue weighted by Gasteiger charge is 2.30. The first-order chi connectivity index (χ1) is 17.1. The summed E-state index contributed by atoms with van der Waals surface area (Å²) in [7, 11) is 0. The Morgan fingerprint density at radius 2 is 1.69 bits per heavy atom. The monoisotopic (exact) mass is 473 g/mol. The van der Waals surface area contributed by atoms with Crippen molar-refractivity contribution in [2.75, 3.05) is 50.7 Å². The number of anilines is 1. The normalized spacial score (nSPS) is 19.3. The number of piperidine rings is 1. The van der Waals surface area contributed by atoms with Gasteiger partial charge in [0.1, 0.15) is 5.82 Å². The number of nitrogens with zero attached hydrogens (tertiary/aromatic N) is 7. The number of piperazine rings is 1. The van der Waals surface area contributed by atoms with Crippen molar-refractivity contribution in [2.24, 2.45) is 5.92 Å². The average Bonchev–Trinajstić information content (AvgIpc) is 3.36. The molecule has 0 saturated carbocycles. The average molecular weight is 474 g/mol. The molecular weight excluding hydrogens is 438 g/mol. The predicted molar refractivity (Wildman–Crippen MR) is 137 cm³/mol. The summed E-state index contributed by atoms with van der Waals surface area (Å²) in [5.74, 6) is 2.57. The molecule has 2 fully saturated rings. The number of hydrogen-bond acceptors (Lipinski definition) is 6. The molecule has 8 heteroatoms. The van der Waals surface area contributed by atoms with Crippen LogP contribution in [-0.2, 0) is 0 Å². The van der Waals surface area contributed by atoms with Gasteiger partial charge in [-0.2, -0.15) is 5.10 Å². The molecule has 35 heavy (non-hydrogen) atoms. The lowest BCUT2D eigenvalue weighted by Gasteiger charge is -2.39. The van der Waals surface area contributed by atoms with Crippen LogP contribution in [0.1, 0.15) is 48.7 Å². The van der Waals surface area contributed by atoms with Crippen molar-refractivity contribution in [3.05, 3.63) is 66.2 Å². The lowest BCUT2D eigenvalue weighted by atomic mass is 9.96. The zero-order chi connectivity index (χ0) is 24.2. The van der Waals surface area contributed by atoms with Gasteiger partial charge in [-0.1, -0.05) is 26.0 Å². The van der Waals surface area contributed by atoms with Gasteiger partial charge in [-0.3, -0.25) is 9.69 Å². The van der Waals surface area contributed by atoms with Crippen LogP contribution in [0.25, 0.3) is 5.82 Å². The lowest BCUT2D eigenvalue weighted by molar-refractivity contribution is 0.0635. The maximum atomic E-state index is 13.6. The van der Waals surface area contributed by atoms with Gasteiger partial charge >= 0.3 is 0 Å². The van der Waals surface area contributed by atoms with Crippen molar-refractivity contribution >= 4 is 11.7 Å². The summed E-state index contributed by atoms with van der Waals surface area (Å²) in [5, 5.41) is 4.56. The summed E-state index contributed by atoms with van der Waals surface area (Å²) < 4.78 is 1.82. The highest BCUT2D eigenvalue weighted by atomic mass is 16.2. The molecule has 2 saturated heterocycles. The Kier molecular flexibility index (Phi) is 7.08. The number of amides is 1. The summed E-state index contributed by atoms with van der Waals surface area (Å²) in [6.45, 7) is 11.0. The number of likely N-dealkylation sites (tertiary alicyclic amines) is 1. The van der Waals surface area contributed by atoms with Gasteiger partial charge in [-0.05, 0) is 48.9 Å². The minimum Gasteiger partial charge on any atom is -0.354 e. The van der Waals surface area contributed by atoms with Gasteiger partial charge in [0, 0.05) is 58.2 Å². The molecule has 0 radical (unpaired) electrons. The second kappa shape index (κ2) is 10.6. The fourth-order valence-corrected chi connectivity index (χ4v) is 5.37. The zero-order valence-corrected chi connectivity index (χ0v) is 20.8. The Balaban J connectivity index is 1.22. The largest absolute Gasteiger partial charge is 0.354 e. The highest BCUT2D eigenvalue weighted by molar-refractivity contribution is 5.95. The van der Waals surface area contributed by atoms with Crippen molar-refractivity contribution in [1.29, 1.82) is 0 Å². The van der Waals surface area contributed by atoms with Crippen LogP contribution in [0.4, 0.5) is 5.82 Å². The molecule has 1 unspecified atom stereocenters. The molecule has 2 aliphatic rings. The van der Waals surface area contributed by atoms with E-state index in [9.17, 15) is 4.79 Å². The lowest BCUT2D eigenvalue weighted by Crippen LogP contribution is -2.50. The van der Waals surface area contributed by atoms with E-state index in [1.54, 1.807) is 12.4 Å². The van der Waals surface area contributed by atoms with Gasteiger partial charge in [-0.15, -0.1) is 0 Å². The van der Waals surface area contributed by atoms with E-state index in [4.69, 9.17) is 0 Å². The van der Waals surface area contributed by atoms with E-state index in [1.807, 2.05) is 46.1 Å². The van der Waals surface area contributed by atoms with Gasteiger partial charge in [0.15, 0.2) is 5.82 Å². The molecule has 0 aliphatic carbocycles. The molecule has 2 aliphatic heterocycles. The molecule has 1 atom stereocenters. The third-order valence-electron chi connectivity index (χ3n) is 7.12. The Bertz CT molecular complexity index is 1110. The predicted octanol–water partition coefficient (Wildman–Crippen LogP) is 3.46. The maximum Gasteiger partial charge on any atom is 0.257 e. The quantitative estimate of drug-likeness (QED) is 0.546. The van der Waals surface area contributed by atoms with Crippen molar-refractivity contribution in [3.8, 4) is 5.82 Å². The second-order valence-electron chi connectivity index (χ2n) is 9.93. The molecule has 3 aromatic heterocycles. The van der Waals surface area contributed by atoms with E-state index in [0.29, 0.717) is 11.5 Å². The topological polar surface area (TPSA) is 70.4 Å². The minimum atomic E-state index is 0.0977.